The highest BCUT2D eigenvalue weighted by Crippen LogP contribution is 2.34. The third-order valence-electron chi connectivity index (χ3n) is 3.31. The lowest BCUT2D eigenvalue weighted by atomic mass is 9.83. The van der Waals surface area contributed by atoms with Gasteiger partial charge in [0.05, 0.1) is 12.5 Å². The SMILES string of the molecule is CC(C)COc1ccc2c(c1)C(C(=O)O)CCC2. The number of aliphatic carboxylic acids is 1. The summed E-state index contributed by atoms with van der Waals surface area (Å²) < 4.78 is 5.67. The molecule has 1 atom stereocenters. The van der Waals surface area contributed by atoms with Crippen molar-refractivity contribution >= 4 is 5.97 Å². The summed E-state index contributed by atoms with van der Waals surface area (Å²) in [5.74, 6) is 0.167. The van der Waals surface area contributed by atoms with Gasteiger partial charge in [-0.15, -0.1) is 0 Å². The van der Waals surface area contributed by atoms with Gasteiger partial charge in [-0.1, -0.05) is 19.9 Å². The molecule has 18 heavy (non-hydrogen) atoms. The molecule has 1 aliphatic carbocycles. The molecule has 98 valence electrons. The van der Waals surface area contributed by atoms with Crippen LogP contribution in [0.15, 0.2) is 18.2 Å². The monoisotopic (exact) mass is 248 g/mol. The van der Waals surface area contributed by atoms with Gasteiger partial charge in [0.2, 0.25) is 0 Å². The fourth-order valence-electron chi connectivity index (χ4n) is 2.39. The first-order valence-corrected chi connectivity index (χ1v) is 6.56. The van der Waals surface area contributed by atoms with Gasteiger partial charge in [-0.3, -0.25) is 4.79 Å². The predicted octanol–water partition coefficient (Wildman–Crippen LogP) is 3.23. The molecule has 0 aliphatic heterocycles. The minimum Gasteiger partial charge on any atom is -0.493 e. The quantitative estimate of drug-likeness (QED) is 0.889. The fraction of sp³-hybridized carbons (Fsp3) is 0.533. The van der Waals surface area contributed by atoms with Crippen molar-refractivity contribution in [3.05, 3.63) is 29.3 Å². The molecular formula is C15H20O3. The number of carbonyl (C=O) groups is 1. The highest BCUT2D eigenvalue weighted by Gasteiger charge is 2.26. The Kier molecular flexibility index (Phi) is 3.90. The molecule has 0 radical (unpaired) electrons. The molecule has 3 heteroatoms. The van der Waals surface area contributed by atoms with Crippen LogP contribution in [0.25, 0.3) is 0 Å². The van der Waals surface area contributed by atoms with Crippen molar-refractivity contribution in [3.8, 4) is 5.75 Å². The summed E-state index contributed by atoms with van der Waals surface area (Å²) in [6.45, 7) is 4.85. The van der Waals surface area contributed by atoms with Crippen LogP contribution in [0.5, 0.6) is 5.75 Å². The zero-order chi connectivity index (χ0) is 13.1. The molecule has 1 unspecified atom stereocenters. The van der Waals surface area contributed by atoms with E-state index < -0.39 is 5.97 Å². The van der Waals surface area contributed by atoms with Gasteiger partial charge in [-0.2, -0.15) is 0 Å². The average Bonchev–Trinajstić information content (AvgIpc) is 2.35. The van der Waals surface area contributed by atoms with E-state index in [1.54, 1.807) is 0 Å². The van der Waals surface area contributed by atoms with Crippen LogP contribution in [0.3, 0.4) is 0 Å². The Morgan fingerprint density at radius 3 is 2.94 bits per heavy atom. The van der Waals surface area contributed by atoms with Crippen LogP contribution in [-0.4, -0.2) is 17.7 Å². The molecule has 3 nitrogen and oxygen atoms in total. The minimum absolute atomic E-state index is 0.364. The summed E-state index contributed by atoms with van der Waals surface area (Å²) in [6.07, 6.45) is 2.66. The van der Waals surface area contributed by atoms with Gasteiger partial charge >= 0.3 is 5.97 Å². The van der Waals surface area contributed by atoms with Gasteiger partial charge in [-0.25, -0.2) is 0 Å². The Morgan fingerprint density at radius 2 is 2.28 bits per heavy atom. The van der Waals surface area contributed by atoms with Crippen LogP contribution in [0, 0.1) is 5.92 Å². The van der Waals surface area contributed by atoms with E-state index in [1.807, 2.05) is 18.2 Å². The van der Waals surface area contributed by atoms with Gasteiger partial charge in [0.15, 0.2) is 0 Å². The highest BCUT2D eigenvalue weighted by molar-refractivity contribution is 5.77. The Balaban J connectivity index is 2.22. The fourth-order valence-corrected chi connectivity index (χ4v) is 2.39. The van der Waals surface area contributed by atoms with Crippen molar-refractivity contribution in [2.24, 2.45) is 5.92 Å². The Morgan fingerprint density at radius 1 is 1.50 bits per heavy atom. The molecule has 2 rings (SSSR count). The van der Waals surface area contributed by atoms with E-state index in [-0.39, 0.29) is 5.92 Å². The lowest BCUT2D eigenvalue weighted by Gasteiger charge is -2.23. The van der Waals surface area contributed by atoms with Gasteiger partial charge in [0.25, 0.3) is 0 Å². The molecule has 0 spiro atoms. The van der Waals surface area contributed by atoms with Gasteiger partial charge in [0.1, 0.15) is 5.75 Å². The zero-order valence-corrected chi connectivity index (χ0v) is 11.0. The van der Waals surface area contributed by atoms with Crippen LogP contribution in [0.2, 0.25) is 0 Å². The van der Waals surface area contributed by atoms with E-state index in [9.17, 15) is 9.90 Å². The standard InChI is InChI=1S/C15H20O3/c1-10(2)9-18-12-7-6-11-4-3-5-13(15(16)17)14(11)8-12/h6-8,10,13H,3-5,9H2,1-2H3,(H,16,17). The first-order valence-electron chi connectivity index (χ1n) is 6.56. The van der Waals surface area contributed by atoms with Crippen molar-refractivity contribution in [1.29, 1.82) is 0 Å². The normalized spacial score (nSPS) is 18.5. The van der Waals surface area contributed by atoms with Gasteiger partial charge in [0, 0.05) is 0 Å². The largest absolute Gasteiger partial charge is 0.493 e. The third-order valence-corrected chi connectivity index (χ3v) is 3.31. The molecule has 0 fully saturated rings. The first-order chi connectivity index (χ1) is 8.58. The van der Waals surface area contributed by atoms with Crippen molar-refractivity contribution in [3.63, 3.8) is 0 Å². The van der Waals surface area contributed by atoms with E-state index in [1.165, 1.54) is 0 Å². The molecule has 0 heterocycles. The molecule has 0 saturated carbocycles. The molecular weight excluding hydrogens is 228 g/mol. The number of ether oxygens (including phenoxy) is 1. The van der Waals surface area contributed by atoms with E-state index >= 15 is 0 Å². The lowest BCUT2D eigenvalue weighted by molar-refractivity contribution is -0.139. The maximum Gasteiger partial charge on any atom is 0.310 e. The van der Waals surface area contributed by atoms with Crippen LogP contribution < -0.4 is 4.74 Å². The number of benzene rings is 1. The van der Waals surface area contributed by atoms with E-state index in [4.69, 9.17) is 4.74 Å². The minimum atomic E-state index is -0.725. The molecule has 1 aliphatic rings. The van der Waals surface area contributed by atoms with Crippen LogP contribution in [0.4, 0.5) is 0 Å². The van der Waals surface area contributed by atoms with E-state index in [0.29, 0.717) is 12.5 Å². The summed E-state index contributed by atoms with van der Waals surface area (Å²) in [4.78, 5) is 11.3. The smallest absolute Gasteiger partial charge is 0.310 e. The molecule has 0 aromatic heterocycles. The maximum atomic E-state index is 11.3. The maximum absolute atomic E-state index is 11.3. The molecule has 1 aromatic carbocycles. The van der Waals surface area contributed by atoms with Crippen LogP contribution >= 0.6 is 0 Å². The molecule has 0 saturated heterocycles. The van der Waals surface area contributed by atoms with Crippen LogP contribution in [0.1, 0.15) is 43.7 Å². The summed E-state index contributed by atoms with van der Waals surface area (Å²) in [7, 11) is 0. The number of fused-ring (bicyclic) bond motifs is 1. The van der Waals surface area contributed by atoms with Gasteiger partial charge < -0.3 is 9.84 Å². The lowest BCUT2D eigenvalue weighted by Crippen LogP contribution is -2.18. The molecule has 0 bridgehead atoms. The first kappa shape index (κ1) is 12.9. The van der Waals surface area contributed by atoms with E-state index in [2.05, 4.69) is 13.8 Å². The Hall–Kier alpha value is -1.51. The Labute approximate surface area is 108 Å². The van der Waals surface area contributed by atoms with Crippen molar-refractivity contribution in [1.82, 2.24) is 0 Å². The van der Waals surface area contributed by atoms with Crippen molar-refractivity contribution in [2.45, 2.75) is 39.0 Å². The van der Waals surface area contributed by atoms with Crippen molar-refractivity contribution in [2.75, 3.05) is 6.61 Å². The second kappa shape index (κ2) is 5.42. The molecule has 1 aromatic rings. The van der Waals surface area contributed by atoms with Crippen molar-refractivity contribution < 1.29 is 14.6 Å². The number of hydrogen-bond acceptors (Lipinski definition) is 2. The number of rotatable bonds is 4. The second-order valence-electron chi connectivity index (χ2n) is 5.35. The Bertz CT molecular complexity index is 437. The molecule has 1 N–H and O–H groups in total. The number of carboxylic acid groups (broad SMARTS) is 1. The van der Waals surface area contributed by atoms with Gasteiger partial charge in [-0.05, 0) is 48.4 Å². The number of aryl methyl sites for hydroxylation is 1. The zero-order valence-electron chi connectivity index (χ0n) is 11.0. The summed E-state index contributed by atoms with van der Waals surface area (Å²) in [6, 6.07) is 5.88. The number of hydrogen-bond donors (Lipinski definition) is 1. The summed E-state index contributed by atoms with van der Waals surface area (Å²) in [5.41, 5.74) is 2.10. The summed E-state index contributed by atoms with van der Waals surface area (Å²) in [5, 5.41) is 9.25. The third kappa shape index (κ3) is 2.84. The van der Waals surface area contributed by atoms with E-state index in [0.717, 1.165) is 36.1 Å². The average molecular weight is 248 g/mol. The predicted molar refractivity (Wildman–Crippen MR) is 70.1 cm³/mol. The second-order valence-corrected chi connectivity index (χ2v) is 5.35. The number of carboxylic acids is 1. The highest BCUT2D eigenvalue weighted by atomic mass is 16.5. The van der Waals surface area contributed by atoms with Crippen LogP contribution in [-0.2, 0) is 11.2 Å². The topological polar surface area (TPSA) is 46.5 Å². The summed E-state index contributed by atoms with van der Waals surface area (Å²) >= 11 is 0. The molecule has 0 amide bonds.